The van der Waals surface area contributed by atoms with Crippen LogP contribution in [0.5, 0.6) is 17.2 Å². The molecule has 1 atom stereocenters. The Kier molecular flexibility index (Phi) is 11.1. The second-order valence-corrected chi connectivity index (χ2v) is 13.8. The van der Waals surface area contributed by atoms with Gasteiger partial charge in [-0.15, -0.1) is 0 Å². The molecule has 11 heteroatoms. The first-order valence-electron chi connectivity index (χ1n) is 15.9. The molecule has 1 aliphatic heterocycles. The minimum Gasteiger partial charge on any atom is -0.497 e. The Morgan fingerprint density at radius 2 is 1.63 bits per heavy atom. The summed E-state index contributed by atoms with van der Waals surface area (Å²) in [6.07, 6.45) is 5.27. The number of hydrogen-bond donors (Lipinski definition) is 1. The van der Waals surface area contributed by atoms with Crippen molar-refractivity contribution < 1.29 is 32.2 Å². The Labute approximate surface area is 271 Å². The lowest BCUT2D eigenvalue weighted by Gasteiger charge is -2.35. The van der Waals surface area contributed by atoms with Crippen LogP contribution < -0.4 is 23.8 Å². The molecule has 1 fully saturated rings. The van der Waals surface area contributed by atoms with Crippen LogP contribution in [-0.4, -0.2) is 69.8 Å². The molecule has 3 aromatic carbocycles. The van der Waals surface area contributed by atoms with E-state index >= 15 is 0 Å². The molecule has 1 N–H and O–H groups in total. The number of nitrogens with zero attached hydrogens (tertiary/aromatic N) is 2. The Morgan fingerprint density at radius 1 is 0.913 bits per heavy atom. The third-order valence-corrected chi connectivity index (χ3v) is 10.2. The predicted octanol–water partition coefficient (Wildman–Crippen LogP) is 4.71. The quantitative estimate of drug-likeness (QED) is 0.285. The molecule has 0 saturated heterocycles. The van der Waals surface area contributed by atoms with E-state index < -0.39 is 28.5 Å². The smallest absolute Gasteiger partial charge is 0.244 e. The maximum absolute atomic E-state index is 14.5. The molecule has 1 saturated carbocycles. The highest BCUT2D eigenvalue weighted by molar-refractivity contribution is 7.92. The molecule has 3 aromatic rings. The first-order chi connectivity index (χ1) is 22.3. The average molecular weight is 650 g/mol. The summed E-state index contributed by atoms with van der Waals surface area (Å²) in [7, 11) is -2.34. The Morgan fingerprint density at radius 3 is 2.35 bits per heavy atom. The highest BCUT2D eigenvalue weighted by Gasteiger charge is 2.35. The topological polar surface area (TPSA) is 114 Å². The number of carbonyl (C=O) groups is 2. The molecule has 0 spiro atoms. The molecular weight excluding hydrogens is 606 g/mol. The van der Waals surface area contributed by atoms with Crippen molar-refractivity contribution in [2.24, 2.45) is 0 Å². The fraction of sp³-hybridized carbons (Fsp3) is 0.429. The number of hydrogen-bond acceptors (Lipinski definition) is 7. The molecule has 1 aliphatic carbocycles. The highest BCUT2D eigenvalue weighted by atomic mass is 32.2. The van der Waals surface area contributed by atoms with E-state index in [4.69, 9.17) is 14.2 Å². The number of fused-ring (bicyclic) bond motifs is 1. The molecular formula is C35H43N3O7S. The summed E-state index contributed by atoms with van der Waals surface area (Å²) in [6, 6.07) is 20.9. The third-order valence-electron chi connectivity index (χ3n) is 8.50. The minimum atomic E-state index is -3.91. The van der Waals surface area contributed by atoms with Gasteiger partial charge >= 0.3 is 0 Å². The predicted molar refractivity (Wildman–Crippen MR) is 177 cm³/mol. The summed E-state index contributed by atoms with van der Waals surface area (Å²) >= 11 is 0. The van der Waals surface area contributed by atoms with Gasteiger partial charge in [-0.05, 0) is 55.2 Å². The zero-order valence-corrected chi connectivity index (χ0v) is 27.3. The second-order valence-electron chi connectivity index (χ2n) is 11.7. The van der Waals surface area contributed by atoms with Crippen LogP contribution in [-0.2, 0) is 32.6 Å². The van der Waals surface area contributed by atoms with Crippen molar-refractivity contribution >= 4 is 27.5 Å². The van der Waals surface area contributed by atoms with Crippen LogP contribution in [0.15, 0.2) is 72.8 Å². The Bertz CT molecular complexity index is 1590. The molecule has 10 nitrogen and oxygen atoms in total. The first-order valence-corrected chi connectivity index (χ1v) is 17.5. The number of benzene rings is 3. The van der Waals surface area contributed by atoms with Crippen molar-refractivity contribution in [3.8, 4) is 17.2 Å². The molecule has 1 unspecified atom stereocenters. The van der Waals surface area contributed by atoms with Gasteiger partial charge in [0.1, 0.15) is 31.5 Å². The normalized spacial score (nSPS) is 15.4. The molecule has 246 valence electrons. The van der Waals surface area contributed by atoms with Crippen molar-refractivity contribution in [1.82, 2.24) is 10.2 Å². The molecule has 0 bridgehead atoms. The van der Waals surface area contributed by atoms with Gasteiger partial charge in [-0.1, -0.05) is 61.7 Å². The van der Waals surface area contributed by atoms with Gasteiger partial charge in [0.2, 0.25) is 21.8 Å². The van der Waals surface area contributed by atoms with Crippen LogP contribution in [0.4, 0.5) is 5.69 Å². The van der Waals surface area contributed by atoms with E-state index in [0.29, 0.717) is 30.5 Å². The summed E-state index contributed by atoms with van der Waals surface area (Å²) in [5, 5.41) is 3.22. The molecule has 0 radical (unpaired) electrons. The molecule has 2 aliphatic rings. The number of rotatable bonds is 13. The van der Waals surface area contributed by atoms with Crippen LogP contribution in [0.3, 0.4) is 0 Å². The highest BCUT2D eigenvalue weighted by Crippen LogP contribution is 2.35. The van der Waals surface area contributed by atoms with Gasteiger partial charge in [0.25, 0.3) is 0 Å². The van der Waals surface area contributed by atoms with Crippen LogP contribution in [0.2, 0.25) is 0 Å². The first kappa shape index (κ1) is 33.1. The van der Waals surface area contributed by atoms with Crippen molar-refractivity contribution in [2.45, 2.75) is 64.1 Å². The third kappa shape index (κ3) is 8.31. The Hall–Kier alpha value is -4.25. The van der Waals surface area contributed by atoms with Crippen molar-refractivity contribution in [2.75, 3.05) is 36.9 Å². The maximum atomic E-state index is 14.5. The van der Waals surface area contributed by atoms with Crippen molar-refractivity contribution in [3.05, 3.63) is 83.9 Å². The molecule has 46 heavy (non-hydrogen) atoms. The van der Waals surface area contributed by atoms with E-state index in [1.54, 1.807) is 25.3 Å². The maximum Gasteiger partial charge on any atom is 0.244 e. The van der Waals surface area contributed by atoms with Crippen LogP contribution in [0.25, 0.3) is 0 Å². The lowest BCUT2D eigenvalue weighted by atomic mass is 9.94. The number of sulfonamides is 1. The number of anilines is 1. The van der Waals surface area contributed by atoms with Crippen molar-refractivity contribution in [3.63, 3.8) is 0 Å². The lowest BCUT2D eigenvalue weighted by Crippen LogP contribution is -2.55. The summed E-state index contributed by atoms with van der Waals surface area (Å²) in [6.45, 7) is 1.84. The SMILES string of the molecule is CCS(=O)(=O)N(CC(=O)N(Cc1cccc(OC)c1)C(Cc1ccccc1)C(=O)NC1CCCCC1)c1ccc2c(c1)OCCO2. The average Bonchev–Trinajstić information content (AvgIpc) is 3.09. The van der Waals surface area contributed by atoms with E-state index in [2.05, 4.69) is 5.32 Å². The number of nitrogens with one attached hydrogen (secondary N) is 1. The minimum absolute atomic E-state index is 0.0305. The van der Waals surface area contributed by atoms with Crippen LogP contribution >= 0.6 is 0 Å². The zero-order valence-electron chi connectivity index (χ0n) is 26.5. The number of ether oxygens (including phenoxy) is 3. The number of amides is 2. The van der Waals surface area contributed by atoms with E-state index in [1.165, 1.54) is 11.8 Å². The summed E-state index contributed by atoms with van der Waals surface area (Å²) < 4.78 is 44.9. The Balaban J connectivity index is 1.53. The van der Waals surface area contributed by atoms with Gasteiger partial charge in [0.05, 0.1) is 18.6 Å². The fourth-order valence-corrected chi connectivity index (χ4v) is 7.03. The molecule has 1 heterocycles. The van der Waals surface area contributed by atoms with E-state index in [-0.39, 0.29) is 36.4 Å². The van der Waals surface area contributed by atoms with Gasteiger partial charge in [-0.3, -0.25) is 13.9 Å². The fourth-order valence-electron chi connectivity index (χ4n) is 5.97. The second kappa shape index (κ2) is 15.4. The van der Waals surface area contributed by atoms with E-state index in [1.807, 2.05) is 54.6 Å². The summed E-state index contributed by atoms with van der Waals surface area (Å²) in [5.41, 5.74) is 1.92. The molecule has 2 amide bonds. The zero-order chi connectivity index (χ0) is 32.5. The largest absolute Gasteiger partial charge is 0.497 e. The number of methoxy groups -OCH3 is 1. The summed E-state index contributed by atoms with van der Waals surface area (Å²) in [4.78, 5) is 30.2. The van der Waals surface area contributed by atoms with Gasteiger partial charge in [0, 0.05) is 25.1 Å². The van der Waals surface area contributed by atoms with Gasteiger partial charge in [-0.2, -0.15) is 0 Å². The van der Waals surface area contributed by atoms with Gasteiger partial charge in [-0.25, -0.2) is 8.42 Å². The van der Waals surface area contributed by atoms with Gasteiger partial charge in [0.15, 0.2) is 11.5 Å². The van der Waals surface area contributed by atoms with E-state index in [0.717, 1.165) is 47.5 Å². The van der Waals surface area contributed by atoms with Gasteiger partial charge < -0.3 is 24.4 Å². The van der Waals surface area contributed by atoms with Crippen LogP contribution in [0, 0.1) is 0 Å². The molecule has 5 rings (SSSR count). The lowest BCUT2D eigenvalue weighted by molar-refractivity contribution is -0.140. The van der Waals surface area contributed by atoms with Crippen molar-refractivity contribution in [1.29, 1.82) is 0 Å². The van der Waals surface area contributed by atoms with E-state index in [9.17, 15) is 18.0 Å². The van der Waals surface area contributed by atoms with Crippen LogP contribution in [0.1, 0.15) is 50.2 Å². The number of carbonyl (C=O) groups excluding carboxylic acids is 2. The molecule has 0 aromatic heterocycles. The summed E-state index contributed by atoms with van der Waals surface area (Å²) in [5.74, 6) is 0.556. The monoisotopic (exact) mass is 649 g/mol. The standard InChI is InChI=1S/C35H43N3O7S/c1-3-46(41,42)38(29-17-18-32-33(23-29)45-20-19-44-32)25-34(39)37(24-27-13-10-16-30(21-27)43-2)31(22-26-11-6-4-7-12-26)35(40)36-28-14-8-5-9-15-28/h4,6-7,10-13,16-18,21,23,28,31H,3,5,8-9,14-15,19-20,22,24-25H2,1-2H3,(H,36,40).